The quantitative estimate of drug-likeness (QED) is 0.639. The van der Waals surface area contributed by atoms with E-state index in [2.05, 4.69) is 11.1 Å². The molecule has 110 valence electrons. The monoisotopic (exact) mass is 292 g/mol. The van der Waals surface area contributed by atoms with Crippen molar-refractivity contribution in [2.45, 2.75) is 13.8 Å². The Morgan fingerprint density at radius 3 is 2.50 bits per heavy atom. The molecule has 0 aliphatic heterocycles. The van der Waals surface area contributed by atoms with Gasteiger partial charge in [-0.3, -0.25) is 9.78 Å². The number of methoxy groups -OCH3 is 1. The molecule has 0 saturated carbocycles. The molecule has 0 spiro atoms. The summed E-state index contributed by atoms with van der Waals surface area (Å²) >= 11 is 0. The number of benzene rings is 1. The molecule has 1 aromatic heterocycles. The molecule has 0 fully saturated rings. The summed E-state index contributed by atoms with van der Waals surface area (Å²) in [4.78, 5) is 16.5. The fraction of sp³-hybridized carbons (Fsp3) is 0.167. The van der Waals surface area contributed by atoms with Crippen molar-refractivity contribution in [1.29, 1.82) is 5.26 Å². The van der Waals surface area contributed by atoms with Gasteiger partial charge in [0.1, 0.15) is 11.8 Å². The molecule has 2 aromatic rings. The van der Waals surface area contributed by atoms with E-state index >= 15 is 0 Å². The van der Waals surface area contributed by atoms with Gasteiger partial charge < -0.3 is 4.74 Å². The standard InChI is InChI=1S/C18H16N2O2/c1-12-15(11-19)10-17(13(2)20-12)18(21)9-6-14-4-7-16(22-3)8-5-14/h4-10H,1-3H3/b9-6+. The molecule has 0 atom stereocenters. The van der Waals surface area contributed by atoms with Gasteiger partial charge in [-0.1, -0.05) is 18.2 Å². The second-order valence-electron chi connectivity index (χ2n) is 4.84. The Bertz CT molecular complexity index is 769. The zero-order valence-electron chi connectivity index (χ0n) is 12.8. The van der Waals surface area contributed by atoms with E-state index in [0.29, 0.717) is 22.5 Å². The van der Waals surface area contributed by atoms with Gasteiger partial charge in [0.2, 0.25) is 0 Å². The van der Waals surface area contributed by atoms with E-state index in [0.717, 1.165) is 11.3 Å². The maximum absolute atomic E-state index is 12.3. The summed E-state index contributed by atoms with van der Waals surface area (Å²) in [5.74, 6) is 0.595. The average Bonchev–Trinajstić information content (AvgIpc) is 2.53. The van der Waals surface area contributed by atoms with E-state index in [-0.39, 0.29) is 5.78 Å². The number of ketones is 1. The Labute approximate surface area is 129 Å². The van der Waals surface area contributed by atoms with Crippen LogP contribution in [0.15, 0.2) is 36.4 Å². The molecule has 22 heavy (non-hydrogen) atoms. The van der Waals surface area contributed by atoms with Crippen LogP contribution in [0.5, 0.6) is 5.75 Å². The van der Waals surface area contributed by atoms with Crippen molar-refractivity contribution in [2.75, 3.05) is 7.11 Å². The van der Waals surface area contributed by atoms with Gasteiger partial charge in [0.15, 0.2) is 5.78 Å². The topological polar surface area (TPSA) is 63.0 Å². The van der Waals surface area contributed by atoms with E-state index in [4.69, 9.17) is 10.00 Å². The molecular weight excluding hydrogens is 276 g/mol. The van der Waals surface area contributed by atoms with E-state index in [1.165, 1.54) is 6.08 Å². The van der Waals surface area contributed by atoms with Crippen LogP contribution in [-0.2, 0) is 0 Å². The number of rotatable bonds is 4. The van der Waals surface area contributed by atoms with Gasteiger partial charge in [0.05, 0.1) is 18.4 Å². The van der Waals surface area contributed by atoms with E-state index in [1.54, 1.807) is 33.1 Å². The molecule has 0 saturated heterocycles. The van der Waals surface area contributed by atoms with Gasteiger partial charge in [-0.15, -0.1) is 0 Å². The Kier molecular flexibility index (Phi) is 4.70. The maximum atomic E-state index is 12.3. The molecule has 0 aliphatic carbocycles. The minimum atomic E-state index is -0.169. The zero-order chi connectivity index (χ0) is 16.1. The van der Waals surface area contributed by atoms with Crippen LogP contribution < -0.4 is 4.74 Å². The van der Waals surface area contributed by atoms with Crippen LogP contribution in [0.2, 0.25) is 0 Å². The Morgan fingerprint density at radius 1 is 1.23 bits per heavy atom. The number of pyridine rings is 1. The minimum Gasteiger partial charge on any atom is -0.497 e. The van der Waals surface area contributed by atoms with Crippen LogP contribution in [0.3, 0.4) is 0 Å². The lowest BCUT2D eigenvalue weighted by molar-refractivity contribution is 0.104. The molecule has 0 N–H and O–H groups in total. The third kappa shape index (κ3) is 3.39. The highest BCUT2D eigenvalue weighted by molar-refractivity contribution is 6.07. The molecule has 0 amide bonds. The molecule has 1 heterocycles. The van der Waals surface area contributed by atoms with Gasteiger partial charge >= 0.3 is 0 Å². The van der Waals surface area contributed by atoms with Crippen molar-refractivity contribution in [3.63, 3.8) is 0 Å². The lowest BCUT2D eigenvalue weighted by Gasteiger charge is -2.04. The van der Waals surface area contributed by atoms with Crippen LogP contribution in [0, 0.1) is 25.2 Å². The number of aromatic nitrogens is 1. The first-order chi connectivity index (χ1) is 10.5. The SMILES string of the molecule is COc1ccc(/C=C/C(=O)c2cc(C#N)c(C)nc2C)cc1. The smallest absolute Gasteiger partial charge is 0.187 e. The molecule has 0 unspecified atom stereocenters. The number of carbonyl (C=O) groups excluding carboxylic acids is 1. The average molecular weight is 292 g/mol. The molecule has 4 heteroatoms. The van der Waals surface area contributed by atoms with Gasteiger partial charge in [-0.05, 0) is 43.7 Å². The van der Waals surface area contributed by atoms with Crippen molar-refractivity contribution in [3.8, 4) is 11.8 Å². The molecule has 1 aromatic carbocycles. The number of allylic oxidation sites excluding steroid dienone is 1. The lowest BCUT2D eigenvalue weighted by atomic mass is 10.0. The first kappa shape index (κ1) is 15.5. The van der Waals surface area contributed by atoms with Gasteiger partial charge in [-0.25, -0.2) is 0 Å². The molecule has 2 rings (SSSR count). The Hall–Kier alpha value is -2.93. The summed E-state index contributed by atoms with van der Waals surface area (Å²) in [7, 11) is 1.61. The second kappa shape index (κ2) is 6.68. The summed E-state index contributed by atoms with van der Waals surface area (Å²) in [5, 5.41) is 9.04. The molecule has 0 bridgehead atoms. The van der Waals surface area contributed by atoms with E-state index < -0.39 is 0 Å². The summed E-state index contributed by atoms with van der Waals surface area (Å²) < 4.78 is 5.09. The van der Waals surface area contributed by atoms with E-state index in [1.807, 2.05) is 24.3 Å². The highest BCUT2D eigenvalue weighted by atomic mass is 16.5. The van der Waals surface area contributed by atoms with Crippen molar-refractivity contribution in [3.05, 3.63) is 64.5 Å². The fourth-order valence-corrected chi connectivity index (χ4v) is 2.06. The van der Waals surface area contributed by atoms with Crippen molar-refractivity contribution in [1.82, 2.24) is 4.98 Å². The van der Waals surface area contributed by atoms with Crippen molar-refractivity contribution in [2.24, 2.45) is 0 Å². The summed E-state index contributed by atoms with van der Waals surface area (Å²) in [6.07, 6.45) is 3.22. The first-order valence-electron chi connectivity index (χ1n) is 6.80. The number of nitrogens with zero attached hydrogens (tertiary/aromatic N) is 2. The van der Waals surface area contributed by atoms with Crippen LogP contribution in [0.25, 0.3) is 6.08 Å². The van der Waals surface area contributed by atoms with Crippen molar-refractivity contribution < 1.29 is 9.53 Å². The number of carbonyl (C=O) groups is 1. The lowest BCUT2D eigenvalue weighted by Crippen LogP contribution is -2.03. The van der Waals surface area contributed by atoms with E-state index in [9.17, 15) is 4.79 Å². The highest BCUT2D eigenvalue weighted by Crippen LogP contribution is 2.15. The maximum Gasteiger partial charge on any atom is 0.187 e. The summed E-state index contributed by atoms with van der Waals surface area (Å²) in [5.41, 5.74) is 3.03. The number of hydrogen-bond donors (Lipinski definition) is 0. The molecule has 4 nitrogen and oxygen atoms in total. The fourth-order valence-electron chi connectivity index (χ4n) is 2.06. The Balaban J connectivity index is 2.25. The molecule has 0 radical (unpaired) electrons. The third-order valence-electron chi connectivity index (χ3n) is 3.33. The molecular formula is C18H16N2O2. The number of ether oxygens (including phenoxy) is 1. The van der Waals surface area contributed by atoms with Crippen LogP contribution in [0.1, 0.15) is 32.9 Å². The predicted molar refractivity (Wildman–Crippen MR) is 84.8 cm³/mol. The zero-order valence-corrected chi connectivity index (χ0v) is 12.8. The summed E-state index contributed by atoms with van der Waals surface area (Å²) in [6.45, 7) is 3.52. The largest absolute Gasteiger partial charge is 0.497 e. The number of nitriles is 1. The van der Waals surface area contributed by atoms with Gasteiger partial charge in [-0.2, -0.15) is 5.26 Å². The van der Waals surface area contributed by atoms with Crippen LogP contribution in [-0.4, -0.2) is 17.9 Å². The van der Waals surface area contributed by atoms with Gasteiger partial charge in [0, 0.05) is 11.3 Å². The number of aryl methyl sites for hydroxylation is 2. The number of hydrogen-bond acceptors (Lipinski definition) is 4. The van der Waals surface area contributed by atoms with Crippen LogP contribution >= 0.6 is 0 Å². The summed E-state index contributed by atoms with van der Waals surface area (Å²) in [6, 6.07) is 11.0. The normalized spacial score (nSPS) is 10.5. The Morgan fingerprint density at radius 2 is 1.91 bits per heavy atom. The second-order valence-corrected chi connectivity index (χ2v) is 4.84. The predicted octanol–water partition coefficient (Wildman–Crippen LogP) is 3.47. The molecule has 0 aliphatic rings. The van der Waals surface area contributed by atoms with Gasteiger partial charge in [0.25, 0.3) is 0 Å². The minimum absolute atomic E-state index is 0.169. The van der Waals surface area contributed by atoms with Crippen molar-refractivity contribution >= 4 is 11.9 Å². The first-order valence-corrected chi connectivity index (χ1v) is 6.80. The third-order valence-corrected chi connectivity index (χ3v) is 3.33. The highest BCUT2D eigenvalue weighted by Gasteiger charge is 2.11. The van der Waals surface area contributed by atoms with Crippen LogP contribution in [0.4, 0.5) is 0 Å².